The van der Waals surface area contributed by atoms with Crippen LogP contribution in [0, 0.1) is 27.2 Å². The molecule has 0 bridgehead atoms. The van der Waals surface area contributed by atoms with E-state index in [1.54, 1.807) is 13.0 Å². The minimum absolute atomic E-state index is 0.0241. The summed E-state index contributed by atoms with van der Waals surface area (Å²) in [7, 11) is 0. The Morgan fingerprint density at radius 1 is 0.957 bits per heavy atom. The lowest BCUT2D eigenvalue weighted by atomic mass is 10.2. The molecule has 0 aromatic heterocycles. The van der Waals surface area contributed by atoms with Gasteiger partial charge in [0.1, 0.15) is 0 Å². The monoisotopic (exact) mass is 332 g/mol. The molecule has 2 rings (SSSR count). The van der Waals surface area contributed by atoms with Crippen LogP contribution in [-0.2, 0) is 0 Å². The molecule has 0 saturated heterocycles. The van der Waals surface area contributed by atoms with Crippen LogP contribution in [0.15, 0.2) is 42.5 Å². The summed E-state index contributed by atoms with van der Waals surface area (Å²) in [5.74, 6) is 0. The highest BCUT2D eigenvalue weighted by Gasteiger charge is 2.10. The highest BCUT2D eigenvalue weighted by atomic mass is 32.1. The summed E-state index contributed by atoms with van der Waals surface area (Å²) in [5.41, 5.74) is 1.80. The molecule has 9 heteroatoms. The maximum absolute atomic E-state index is 10.8. The molecule has 0 aliphatic carbocycles. The van der Waals surface area contributed by atoms with Crippen LogP contribution < -0.4 is 10.6 Å². The van der Waals surface area contributed by atoms with E-state index >= 15 is 0 Å². The number of nitro groups is 2. The van der Waals surface area contributed by atoms with Gasteiger partial charge in [0.25, 0.3) is 11.4 Å². The normalized spacial score (nSPS) is 9.96. The van der Waals surface area contributed by atoms with Crippen molar-refractivity contribution in [2.75, 3.05) is 10.6 Å². The summed E-state index contributed by atoms with van der Waals surface area (Å²) in [5, 5.41) is 27.4. The Morgan fingerprint density at radius 2 is 1.52 bits per heavy atom. The minimum Gasteiger partial charge on any atom is -0.332 e. The zero-order chi connectivity index (χ0) is 17.0. The van der Waals surface area contributed by atoms with Crippen molar-refractivity contribution in [3.05, 3.63) is 68.3 Å². The van der Waals surface area contributed by atoms with Crippen LogP contribution in [-0.4, -0.2) is 15.0 Å². The number of benzene rings is 2. The molecule has 23 heavy (non-hydrogen) atoms. The third-order valence-corrected chi connectivity index (χ3v) is 3.22. The fourth-order valence-electron chi connectivity index (χ4n) is 1.81. The lowest BCUT2D eigenvalue weighted by molar-refractivity contribution is -0.385. The molecule has 118 valence electrons. The summed E-state index contributed by atoms with van der Waals surface area (Å²) in [4.78, 5) is 20.4. The first-order valence-electron chi connectivity index (χ1n) is 6.44. The lowest BCUT2D eigenvalue weighted by Crippen LogP contribution is -2.19. The van der Waals surface area contributed by atoms with Gasteiger partial charge in [-0.3, -0.25) is 20.2 Å². The molecule has 2 aromatic rings. The van der Waals surface area contributed by atoms with E-state index in [0.29, 0.717) is 11.4 Å². The Balaban J connectivity index is 2.09. The molecule has 0 saturated carbocycles. The van der Waals surface area contributed by atoms with Gasteiger partial charge in [0.2, 0.25) is 0 Å². The maximum atomic E-state index is 10.8. The van der Waals surface area contributed by atoms with E-state index in [1.807, 2.05) is 0 Å². The van der Waals surface area contributed by atoms with Gasteiger partial charge in [0.15, 0.2) is 5.11 Å². The van der Waals surface area contributed by atoms with Crippen molar-refractivity contribution >= 4 is 40.1 Å². The summed E-state index contributed by atoms with van der Waals surface area (Å²) in [6.45, 7) is 1.79. The average molecular weight is 332 g/mol. The SMILES string of the molecule is Cc1ccc([N+](=O)[O-])cc1NC(=S)Nc1ccc([N+](=O)[O-])cc1. The molecule has 0 amide bonds. The molecule has 8 nitrogen and oxygen atoms in total. The quantitative estimate of drug-likeness (QED) is 0.500. The lowest BCUT2D eigenvalue weighted by Gasteiger charge is -2.12. The first kappa shape index (κ1) is 16.3. The number of hydrogen-bond acceptors (Lipinski definition) is 5. The van der Waals surface area contributed by atoms with Gasteiger partial charge in [0.05, 0.1) is 9.85 Å². The standard InChI is InChI=1S/C14H12N4O4S/c1-9-2-5-12(18(21)22)8-13(9)16-14(23)15-10-3-6-11(7-4-10)17(19)20/h2-8H,1H3,(H2,15,16,23). The van der Waals surface area contributed by atoms with Crippen LogP contribution in [0.1, 0.15) is 5.56 Å². The van der Waals surface area contributed by atoms with E-state index in [4.69, 9.17) is 12.2 Å². The number of aryl methyl sites for hydroxylation is 1. The average Bonchev–Trinajstić information content (AvgIpc) is 2.49. The van der Waals surface area contributed by atoms with Gasteiger partial charge in [-0.25, -0.2) is 0 Å². The Kier molecular flexibility index (Phi) is 4.82. The predicted molar refractivity (Wildman–Crippen MR) is 90.8 cm³/mol. The molecule has 0 fully saturated rings. The zero-order valence-electron chi connectivity index (χ0n) is 12.0. The number of nitrogens with one attached hydrogen (secondary N) is 2. The highest BCUT2D eigenvalue weighted by Crippen LogP contribution is 2.22. The molecule has 0 aliphatic heterocycles. The topological polar surface area (TPSA) is 110 Å². The molecule has 0 atom stereocenters. The number of anilines is 2. The van der Waals surface area contributed by atoms with Crippen molar-refractivity contribution in [1.29, 1.82) is 0 Å². The molecule has 2 aromatic carbocycles. The molecule has 0 radical (unpaired) electrons. The minimum atomic E-state index is -0.493. The van der Waals surface area contributed by atoms with Crippen molar-refractivity contribution in [3.63, 3.8) is 0 Å². The molecule has 2 N–H and O–H groups in total. The molecular formula is C14H12N4O4S. The van der Waals surface area contributed by atoms with Gasteiger partial charge in [-0.1, -0.05) is 6.07 Å². The van der Waals surface area contributed by atoms with Crippen molar-refractivity contribution in [1.82, 2.24) is 0 Å². The van der Waals surface area contributed by atoms with Crippen molar-refractivity contribution < 1.29 is 9.85 Å². The highest BCUT2D eigenvalue weighted by molar-refractivity contribution is 7.80. The largest absolute Gasteiger partial charge is 0.332 e. The van der Waals surface area contributed by atoms with E-state index in [1.165, 1.54) is 36.4 Å². The van der Waals surface area contributed by atoms with Crippen LogP contribution in [0.2, 0.25) is 0 Å². The van der Waals surface area contributed by atoms with Gasteiger partial charge < -0.3 is 10.6 Å². The second-order valence-corrected chi connectivity index (χ2v) is 5.05. The Morgan fingerprint density at radius 3 is 2.09 bits per heavy atom. The molecule has 0 spiro atoms. The molecule has 0 heterocycles. The molecule has 0 aliphatic rings. The van der Waals surface area contributed by atoms with Gasteiger partial charge in [-0.2, -0.15) is 0 Å². The van der Waals surface area contributed by atoms with E-state index in [2.05, 4.69) is 10.6 Å². The zero-order valence-corrected chi connectivity index (χ0v) is 12.8. The Bertz CT molecular complexity index is 777. The Labute approximate surface area is 136 Å². The van der Waals surface area contributed by atoms with Gasteiger partial charge in [0, 0.05) is 35.6 Å². The summed E-state index contributed by atoms with van der Waals surface area (Å²) >= 11 is 5.15. The van der Waals surface area contributed by atoms with Crippen LogP contribution in [0.4, 0.5) is 22.7 Å². The molecular weight excluding hydrogens is 320 g/mol. The second kappa shape index (κ2) is 6.79. The number of nitrogens with zero attached hydrogens (tertiary/aromatic N) is 2. The number of non-ortho nitro benzene ring substituents is 2. The number of rotatable bonds is 4. The van der Waals surface area contributed by atoms with Crippen molar-refractivity contribution in [3.8, 4) is 0 Å². The van der Waals surface area contributed by atoms with Crippen LogP contribution >= 0.6 is 12.2 Å². The third kappa shape index (κ3) is 4.20. The van der Waals surface area contributed by atoms with E-state index in [9.17, 15) is 20.2 Å². The van der Waals surface area contributed by atoms with E-state index < -0.39 is 9.85 Å². The van der Waals surface area contributed by atoms with Crippen LogP contribution in [0.5, 0.6) is 0 Å². The fraction of sp³-hybridized carbons (Fsp3) is 0.0714. The number of nitro benzene ring substituents is 2. The van der Waals surface area contributed by atoms with Crippen molar-refractivity contribution in [2.45, 2.75) is 6.92 Å². The van der Waals surface area contributed by atoms with E-state index in [-0.39, 0.29) is 16.5 Å². The van der Waals surface area contributed by atoms with Crippen LogP contribution in [0.3, 0.4) is 0 Å². The van der Waals surface area contributed by atoms with E-state index in [0.717, 1.165) is 5.56 Å². The second-order valence-electron chi connectivity index (χ2n) is 4.64. The maximum Gasteiger partial charge on any atom is 0.271 e. The first-order chi connectivity index (χ1) is 10.9. The van der Waals surface area contributed by atoms with Gasteiger partial charge in [-0.15, -0.1) is 0 Å². The first-order valence-corrected chi connectivity index (χ1v) is 6.85. The predicted octanol–water partition coefficient (Wildman–Crippen LogP) is 3.62. The molecule has 0 unspecified atom stereocenters. The van der Waals surface area contributed by atoms with Gasteiger partial charge in [-0.05, 0) is 36.8 Å². The van der Waals surface area contributed by atoms with Crippen molar-refractivity contribution in [2.24, 2.45) is 0 Å². The van der Waals surface area contributed by atoms with Crippen LogP contribution in [0.25, 0.3) is 0 Å². The smallest absolute Gasteiger partial charge is 0.271 e. The summed E-state index contributed by atoms with van der Waals surface area (Å²) < 4.78 is 0. The summed E-state index contributed by atoms with van der Waals surface area (Å²) in [6, 6.07) is 10.2. The number of thiocarbonyl (C=S) groups is 1. The third-order valence-electron chi connectivity index (χ3n) is 3.02. The Hall–Kier alpha value is -3.07. The van der Waals surface area contributed by atoms with Gasteiger partial charge >= 0.3 is 0 Å². The number of hydrogen-bond donors (Lipinski definition) is 2. The summed E-state index contributed by atoms with van der Waals surface area (Å²) in [6.07, 6.45) is 0. The fourth-order valence-corrected chi connectivity index (χ4v) is 2.04.